The molecule has 0 heterocycles. The largest absolute Gasteiger partial charge is 0.493 e. The van der Waals surface area contributed by atoms with E-state index in [4.69, 9.17) is 28.4 Å². The Morgan fingerprint density at radius 1 is 0.730 bits per heavy atom. The molecule has 0 saturated heterocycles. The number of rotatable bonds is 13. The molecule has 200 valence electrons. The number of carbonyl (C=O) groups excluding carboxylic acids is 2. The summed E-state index contributed by atoms with van der Waals surface area (Å²) < 4.78 is 31.9. The summed E-state index contributed by atoms with van der Waals surface area (Å²) in [6.45, 7) is 1.70. The van der Waals surface area contributed by atoms with Gasteiger partial charge >= 0.3 is 0 Å². The molecule has 2 N–H and O–H groups in total. The lowest BCUT2D eigenvalue weighted by Crippen LogP contribution is -2.37. The number of hydrogen-bond acceptors (Lipinski definition) is 10. The lowest BCUT2D eigenvalue weighted by atomic mass is 10.1. The standard InChI is InChI=1S/C25H32N4O8/c1-8-17(24(30)28-26-13-15-11-19(33-3)22(36-6)20(12-15)34-4)25(31)29-27-14-16-9-10-18(32-2)23(37-7)21(16)35-5/h9-14,17H,8H2,1-7H3,(H,28,30)(H,29,31)/b26-13-,27-14-/t17-/m0/s1. The van der Waals surface area contributed by atoms with Gasteiger partial charge in [0.15, 0.2) is 23.0 Å². The maximum Gasteiger partial charge on any atom is 0.252 e. The van der Waals surface area contributed by atoms with Gasteiger partial charge in [-0.2, -0.15) is 10.2 Å². The van der Waals surface area contributed by atoms with Crippen molar-refractivity contribution >= 4 is 24.2 Å². The van der Waals surface area contributed by atoms with E-state index in [0.717, 1.165) is 0 Å². The van der Waals surface area contributed by atoms with Crippen molar-refractivity contribution in [2.75, 3.05) is 42.7 Å². The lowest BCUT2D eigenvalue weighted by molar-refractivity contribution is -0.135. The van der Waals surface area contributed by atoms with Gasteiger partial charge in [0, 0.05) is 11.1 Å². The first kappa shape index (κ1) is 28.8. The first-order valence-corrected chi connectivity index (χ1v) is 11.1. The number of nitrogens with one attached hydrogen (secondary N) is 2. The van der Waals surface area contributed by atoms with Gasteiger partial charge in [0.2, 0.25) is 11.5 Å². The van der Waals surface area contributed by atoms with Crippen molar-refractivity contribution in [1.82, 2.24) is 10.9 Å². The molecule has 2 rings (SSSR count). The number of amides is 2. The van der Waals surface area contributed by atoms with Crippen LogP contribution in [0.1, 0.15) is 24.5 Å². The van der Waals surface area contributed by atoms with Crippen LogP contribution in [0.2, 0.25) is 0 Å². The Morgan fingerprint density at radius 3 is 1.70 bits per heavy atom. The van der Waals surface area contributed by atoms with Crippen molar-refractivity contribution in [2.45, 2.75) is 13.3 Å². The van der Waals surface area contributed by atoms with Crippen LogP contribution < -0.4 is 39.3 Å². The predicted molar refractivity (Wildman–Crippen MR) is 137 cm³/mol. The van der Waals surface area contributed by atoms with Crippen LogP contribution in [0.5, 0.6) is 34.5 Å². The zero-order chi connectivity index (χ0) is 27.4. The monoisotopic (exact) mass is 516 g/mol. The maximum absolute atomic E-state index is 12.6. The van der Waals surface area contributed by atoms with Gasteiger partial charge in [-0.25, -0.2) is 10.9 Å². The summed E-state index contributed by atoms with van der Waals surface area (Å²) in [4.78, 5) is 25.2. The summed E-state index contributed by atoms with van der Waals surface area (Å²) >= 11 is 0. The molecule has 0 fully saturated rings. The Balaban J connectivity index is 2.08. The molecule has 2 aromatic rings. The highest BCUT2D eigenvalue weighted by Crippen LogP contribution is 2.39. The van der Waals surface area contributed by atoms with E-state index in [0.29, 0.717) is 45.6 Å². The van der Waals surface area contributed by atoms with Crippen LogP contribution in [0.4, 0.5) is 0 Å². The SMILES string of the molecule is CC[C@@H](C(=O)N/N=C\c1cc(OC)c(OC)c(OC)c1)C(=O)N/N=C\c1ccc(OC)c(OC)c1OC. The minimum Gasteiger partial charge on any atom is -0.493 e. The summed E-state index contributed by atoms with van der Waals surface area (Å²) in [5.41, 5.74) is 5.87. The smallest absolute Gasteiger partial charge is 0.252 e. The van der Waals surface area contributed by atoms with E-state index in [2.05, 4.69) is 21.1 Å². The number of ether oxygens (including phenoxy) is 6. The lowest BCUT2D eigenvalue weighted by Gasteiger charge is -2.14. The van der Waals surface area contributed by atoms with E-state index in [1.165, 1.54) is 55.1 Å². The summed E-state index contributed by atoms with van der Waals surface area (Å²) in [5, 5.41) is 7.90. The Kier molecular flexibility index (Phi) is 11.0. The van der Waals surface area contributed by atoms with Crippen LogP contribution in [0, 0.1) is 5.92 Å². The highest BCUT2D eigenvalue weighted by molar-refractivity contribution is 6.01. The van der Waals surface area contributed by atoms with Crippen LogP contribution in [-0.4, -0.2) is 66.9 Å². The van der Waals surface area contributed by atoms with Crippen LogP contribution in [0.25, 0.3) is 0 Å². The Labute approximate surface area is 215 Å². The second-order valence-electron chi connectivity index (χ2n) is 7.31. The highest BCUT2D eigenvalue weighted by Gasteiger charge is 2.24. The number of carbonyl (C=O) groups is 2. The topological polar surface area (TPSA) is 138 Å². The molecule has 2 aromatic carbocycles. The molecule has 0 aliphatic rings. The van der Waals surface area contributed by atoms with Gasteiger partial charge in [-0.05, 0) is 30.7 Å². The molecule has 0 bridgehead atoms. The summed E-state index contributed by atoms with van der Waals surface area (Å²) in [5.74, 6) is 0.328. The molecule has 0 unspecified atom stereocenters. The van der Waals surface area contributed by atoms with Gasteiger partial charge in [0.1, 0.15) is 5.92 Å². The second-order valence-corrected chi connectivity index (χ2v) is 7.31. The highest BCUT2D eigenvalue weighted by atomic mass is 16.5. The van der Waals surface area contributed by atoms with Crippen molar-refractivity contribution in [3.8, 4) is 34.5 Å². The van der Waals surface area contributed by atoms with E-state index in [-0.39, 0.29) is 6.42 Å². The molecule has 0 radical (unpaired) electrons. The van der Waals surface area contributed by atoms with E-state index >= 15 is 0 Å². The van der Waals surface area contributed by atoms with Gasteiger partial charge in [0.05, 0.1) is 55.1 Å². The fraction of sp³-hybridized carbons (Fsp3) is 0.360. The van der Waals surface area contributed by atoms with Crippen molar-refractivity contribution in [1.29, 1.82) is 0 Å². The molecule has 0 spiro atoms. The molecule has 12 nitrogen and oxygen atoms in total. The number of hydrazone groups is 2. The van der Waals surface area contributed by atoms with Crippen molar-refractivity contribution in [3.05, 3.63) is 35.4 Å². The first-order chi connectivity index (χ1) is 17.9. The zero-order valence-corrected chi connectivity index (χ0v) is 21.9. The molecule has 1 atom stereocenters. The average Bonchev–Trinajstić information content (AvgIpc) is 2.92. The molecule has 0 aliphatic carbocycles. The summed E-state index contributed by atoms with van der Waals surface area (Å²) in [6.07, 6.45) is 3.01. The number of hydrogen-bond donors (Lipinski definition) is 2. The summed E-state index contributed by atoms with van der Waals surface area (Å²) in [6, 6.07) is 6.70. The first-order valence-electron chi connectivity index (χ1n) is 11.1. The van der Waals surface area contributed by atoms with E-state index in [9.17, 15) is 9.59 Å². The molecule has 0 aromatic heterocycles. The van der Waals surface area contributed by atoms with Crippen molar-refractivity contribution < 1.29 is 38.0 Å². The quantitative estimate of drug-likeness (QED) is 0.235. The Morgan fingerprint density at radius 2 is 1.24 bits per heavy atom. The van der Waals surface area contributed by atoms with Gasteiger partial charge in [0.25, 0.3) is 11.8 Å². The third-order valence-electron chi connectivity index (χ3n) is 5.23. The summed E-state index contributed by atoms with van der Waals surface area (Å²) in [7, 11) is 8.96. The molecular weight excluding hydrogens is 484 g/mol. The average molecular weight is 517 g/mol. The molecule has 0 aliphatic heterocycles. The second kappa shape index (κ2) is 14.2. The molecule has 37 heavy (non-hydrogen) atoms. The van der Waals surface area contributed by atoms with Gasteiger partial charge in [-0.15, -0.1) is 0 Å². The molecule has 0 saturated carbocycles. The Hall–Kier alpha value is -4.48. The van der Waals surface area contributed by atoms with E-state index in [1.54, 1.807) is 31.2 Å². The fourth-order valence-electron chi connectivity index (χ4n) is 3.38. The molecule has 2 amide bonds. The van der Waals surface area contributed by atoms with Crippen LogP contribution in [-0.2, 0) is 9.59 Å². The van der Waals surface area contributed by atoms with Crippen molar-refractivity contribution in [3.63, 3.8) is 0 Å². The third-order valence-corrected chi connectivity index (χ3v) is 5.23. The van der Waals surface area contributed by atoms with E-state index < -0.39 is 17.7 Å². The van der Waals surface area contributed by atoms with Crippen LogP contribution >= 0.6 is 0 Å². The fourth-order valence-corrected chi connectivity index (χ4v) is 3.38. The molecule has 12 heteroatoms. The number of methoxy groups -OCH3 is 6. The van der Waals surface area contributed by atoms with E-state index in [1.807, 2.05) is 0 Å². The van der Waals surface area contributed by atoms with Crippen molar-refractivity contribution in [2.24, 2.45) is 16.1 Å². The minimum atomic E-state index is -1.03. The number of benzene rings is 2. The normalized spacial score (nSPS) is 11.6. The molecular formula is C25H32N4O8. The third kappa shape index (κ3) is 7.03. The van der Waals surface area contributed by atoms with Gasteiger partial charge < -0.3 is 28.4 Å². The maximum atomic E-state index is 12.6. The number of nitrogens with zero attached hydrogens (tertiary/aromatic N) is 2. The van der Waals surface area contributed by atoms with Crippen LogP contribution in [0.15, 0.2) is 34.5 Å². The zero-order valence-electron chi connectivity index (χ0n) is 21.9. The minimum absolute atomic E-state index is 0.229. The predicted octanol–water partition coefficient (Wildman–Crippen LogP) is 2.36. The van der Waals surface area contributed by atoms with Gasteiger partial charge in [-0.3, -0.25) is 9.59 Å². The van der Waals surface area contributed by atoms with Crippen LogP contribution in [0.3, 0.4) is 0 Å². The van der Waals surface area contributed by atoms with Gasteiger partial charge in [-0.1, -0.05) is 6.92 Å². The Bertz CT molecular complexity index is 1120.